The van der Waals surface area contributed by atoms with E-state index in [1.54, 1.807) is 18.0 Å². The quantitative estimate of drug-likeness (QED) is 0.800. The van der Waals surface area contributed by atoms with Gasteiger partial charge in [0.2, 0.25) is 0 Å². The minimum atomic E-state index is 0.0474. The van der Waals surface area contributed by atoms with E-state index in [1.807, 2.05) is 36.5 Å². The van der Waals surface area contributed by atoms with Crippen LogP contribution in [0.25, 0.3) is 0 Å². The van der Waals surface area contributed by atoms with Crippen LogP contribution in [0.3, 0.4) is 0 Å². The number of piperidine rings is 1. The fraction of sp³-hybridized carbons (Fsp3) is 0.400. The summed E-state index contributed by atoms with van der Waals surface area (Å²) < 4.78 is 0. The van der Waals surface area contributed by atoms with Gasteiger partial charge in [-0.3, -0.25) is 9.78 Å². The van der Waals surface area contributed by atoms with Gasteiger partial charge in [-0.05, 0) is 48.8 Å². The molecule has 0 unspecified atom stereocenters. The fourth-order valence-corrected chi connectivity index (χ4v) is 4.01. The minimum absolute atomic E-state index is 0.0474. The lowest BCUT2D eigenvalue weighted by Gasteiger charge is -2.33. The SMILES string of the molecule is CCSc1ccccc1C(=O)NCC1CCN(c2cccnc2)CC1. The highest BCUT2D eigenvalue weighted by Gasteiger charge is 2.20. The van der Waals surface area contributed by atoms with Crippen LogP contribution in [-0.2, 0) is 0 Å². The van der Waals surface area contributed by atoms with Gasteiger partial charge in [-0.1, -0.05) is 19.1 Å². The molecule has 1 aliphatic heterocycles. The van der Waals surface area contributed by atoms with E-state index in [2.05, 4.69) is 28.2 Å². The van der Waals surface area contributed by atoms with E-state index >= 15 is 0 Å². The van der Waals surface area contributed by atoms with E-state index in [9.17, 15) is 4.79 Å². The van der Waals surface area contributed by atoms with Crippen LogP contribution in [-0.4, -0.2) is 36.3 Å². The summed E-state index contributed by atoms with van der Waals surface area (Å²) in [4.78, 5) is 20.2. The van der Waals surface area contributed by atoms with Crippen LogP contribution in [0.1, 0.15) is 30.1 Å². The molecule has 0 saturated carbocycles. The largest absolute Gasteiger partial charge is 0.370 e. The molecule has 3 rings (SSSR count). The first-order chi connectivity index (χ1) is 12.3. The van der Waals surface area contributed by atoms with Crippen molar-refractivity contribution in [2.24, 2.45) is 5.92 Å². The zero-order chi connectivity index (χ0) is 17.5. The Morgan fingerprint density at radius 2 is 2.04 bits per heavy atom. The van der Waals surface area contributed by atoms with Crippen LogP contribution in [0, 0.1) is 5.92 Å². The molecule has 1 fully saturated rings. The maximum absolute atomic E-state index is 12.5. The monoisotopic (exact) mass is 355 g/mol. The number of carbonyl (C=O) groups excluding carboxylic acids is 1. The highest BCUT2D eigenvalue weighted by molar-refractivity contribution is 7.99. The normalized spacial score (nSPS) is 15.2. The van der Waals surface area contributed by atoms with E-state index in [0.29, 0.717) is 5.92 Å². The predicted molar refractivity (Wildman–Crippen MR) is 104 cm³/mol. The van der Waals surface area contributed by atoms with Gasteiger partial charge >= 0.3 is 0 Å². The second-order valence-corrected chi connectivity index (χ2v) is 7.59. The van der Waals surface area contributed by atoms with Gasteiger partial charge < -0.3 is 10.2 Å². The first-order valence-corrected chi connectivity index (χ1v) is 9.91. The molecule has 0 spiro atoms. The van der Waals surface area contributed by atoms with Gasteiger partial charge in [-0.25, -0.2) is 0 Å². The molecule has 4 nitrogen and oxygen atoms in total. The molecule has 1 N–H and O–H groups in total. The van der Waals surface area contributed by atoms with E-state index in [4.69, 9.17) is 0 Å². The number of carbonyl (C=O) groups is 1. The topological polar surface area (TPSA) is 45.2 Å². The molecule has 0 aliphatic carbocycles. The van der Waals surface area contributed by atoms with Gasteiger partial charge in [-0.15, -0.1) is 11.8 Å². The highest BCUT2D eigenvalue weighted by atomic mass is 32.2. The van der Waals surface area contributed by atoms with Crippen molar-refractivity contribution in [3.05, 3.63) is 54.4 Å². The molecule has 0 atom stereocenters. The molecule has 1 saturated heterocycles. The molecule has 0 radical (unpaired) electrons. The van der Waals surface area contributed by atoms with Crippen molar-refractivity contribution >= 4 is 23.4 Å². The van der Waals surface area contributed by atoms with E-state index < -0.39 is 0 Å². The van der Waals surface area contributed by atoms with Crippen molar-refractivity contribution in [2.75, 3.05) is 30.3 Å². The second-order valence-electron chi connectivity index (χ2n) is 6.28. The molecule has 0 bridgehead atoms. The summed E-state index contributed by atoms with van der Waals surface area (Å²) >= 11 is 1.72. The average Bonchev–Trinajstić information content (AvgIpc) is 2.68. The summed E-state index contributed by atoms with van der Waals surface area (Å²) in [5.41, 5.74) is 1.98. The molecule has 1 aromatic heterocycles. The number of benzene rings is 1. The Hall–Kier alpha value is -2.01. The van der Waals surface area contributed by atoms with Crippen molar-refractivity contribution < 1.29 is 4.79 Å². The number of thioether (sulfide) groups is 1. The zero-order valence-corrected chi connectivity index (χ0v) is 15.5. The van der Waals surface area contributed by atoms with Crippen molar-refractivity contribution in [1.82, 2.24) is 10.3 Å². The number of amides is 1. The Labute approximate surface area is 154 Å². The summed E-state index contributed by atoms with van der Waals surface area (Å²) in [6.07, 6.45) is 5.92. The number of hydrogen-bond donors (Lipinski definition) is 1. The standard InChI is InChI=1S/C20H25N3OS/c1-2-25-19-8-4-3-7-18(19)20(24)22-14-16-9-12-23(13-10-16)17-6-5-11-21-15-17/h3-8,11,15-16H,2,9-10,12-14H2,1H3,(H,22,24). The van der Waals surface area contributed by atoms with Crippen LogP contribution in [0.4, 0.5) is 5.69 Å². The number of aromatic nitrogens is 1. The Bertz CT molecular complexity index is 684. The van der Waals surface area contributed by atoms with Gasteiger partial charge in [0.05, 0.1) is 17.4 Å². The number of pyridine rings is 1. The first-order valence-electron chi connectivity index (χ1n) is 8.93. The Morgan fingerprint density at radius 1 is 1.24 bits per heavy atom. The van der Waals surface area contributed by atoms with E-state index in [1.165, 1.54) is 5.69 Å². The summed E-state index contributed by atoms with van der Waals surface area (Å²) in [5, 5.41) is 3.14. The lowest BCUT2D eigenvalue weighted by molar-refractivity contribution is 0.0942. The molecule has 5 heteroatoms. The number of anilines is 1. The third-order valence-corrected chi connectivity index (χ3v) is 5.56. The molecule has 1 aliphatic rings. The lowest BCUT2D eigenvalue weighted by Crippen LogP contribution is -2.38. The lowest BCUT2D eigenvalue weighted by atomic mass is 9.96. The molecule has 1 amide bonds. The van der Waals surface area contributed by atoms with Crippen LogP contribution >= 0.6 is 11.8 Å². The van der Waals surface area contributed by atoms with Crippen LogP contribution < -0.4 is 10.2 Å². The summed E-state index contributed by atoms with van der Waals surface area (Å²) in [7, 11) is 0. The Kier molecular flexibility index (Phi) is 6.34. The van der Waals surface area contributed by atoms with Gasteiger partial charge in [0, 0.05) is 30.7 Å². The van der Waals surface area contributed by atoms with E-state index in [0.717, 1.165) is 48.7 Å². The summed E-state index contributed by atoms with van der Waals surface area (Å²) in [6.45, 7) is 4.91. The van der Waals surface area contributed by atoms with Crippen molar-refractivity contribution in [3.8, 4) is 0 Å². The van der Waals surface area contributed by atoms with Crippen LogP contribution in [0.15, 0.2) is 53.7 Å². The maximum atomic E-state index is 12.5. The van der Waals surface area contributed by atoms with Gasteiger partial charge in [0.15, 0.2) is 0 Å². The molecule has 1 aromatic carbocycles. The molecule has 2 aromatic rings. The Morgan fingerprint density at radius 3 is 2.76 bits per heavy atom. The van der Waals surface area contributed by atoms with Crippen LogP contribution in [0.2, 0.25) is 0 Å². The minimum Gasteiger partial charge on any atom is -0.370 e. The molecular weight excluding hydrogens is 330 g/mol. The van der Waals surface area contributed by atoms with Gasteiger partial charge in [0.1, 0.15) is 0 Å². The first kappa shape index (κ1) is 17.8. The fourth-order valence-electron chi connectivity index (χ4n) is 3.20. The third kappa shape index (κ3) is 4.75. The Balaban J connectivity index is 1.49. The average molecular weight is 356 g/mol. The molecule has 2 heterocycles. The second kappa shape index (κ2) is 8.90. The van der Waals surface area contributed by atoms with Crippen molar-refractivity contribution in [1.29, 1.82) is 0 Å². The molecule has 25 heavy (non-hydrogen) atoms. The van der Waals surface area contributed by atoms with Gasteiger partial charge in [-0.2, -0.15) is 0 Å². The van der Waals surface area contributed by atoms with Crippen molar-refractivity contribution in [3.63, 3.8) is 0 Å². The summed E-state index contributed by atoms with van der Waals surface area (Å²) in [6, 6.07) is 11.9. The van der Waals surface area contributed by atoms with E-state index in [-0.39, 0.29) is 5.91 Å². The van der Waals surface area contributed by atoms with Crippen LogP contribution in [0.5, 0.6) is 0 Å². The smallest absolute Gasteiger partial charge is 0.252 e. The zero-order valence-electron chi connectivity index (χ0n) is 14.6. The van der Waals surface area contributed by atoms with Crippen molar-refractivity contribution in [2.45, 2.75) is 24.7 Å². The molecular formula is C20H25N3OS. The highest BCUT2D eigenvalue weighted by Crippen LogP contribution is 2.24. The third-order valence-electron chi connectivity index (χ3n) is 4.61. The number of nitrogens with one attached hydrogen (secondary N) is 1. The number of hydrogen-bond acceptors (Lipinski definition) is 4. The maximum Gasteiger partial charge on any atom is 0.252 e. The summed E-state index contributed by atoms with van der Waals surface area (Å²) in [5.74, 6) is 1.56. The number of nitrogens with zero attached hydrogens (tertiary/aromatic N) is 2. The number of rotatable bonds is 6. The molecule has 132 valence electrons. The predicted octanol–water partition coefficient (Wildman–Crippen LogP) is 3.84. The van der Waals surface area contributed by atoms with Gasteiger partial charge in [0.25, 0.3) is 5.91 Å².